The minimum atomic E-state index is 0.0201. The number of hydrogen-bond acceptors (Lipinski definition) is 4. The van der Waals surface area contributed by atoms with Crippen LogP contribution in [0, 0.1) is 0 Å². The van der Waals surface area contributed by atoms with Crippen molar-refractivity contribution in [2.24, 2.45) is 5.73 Å². The highest BCUT2D eigenvalue weighted by atomic mass is 15.4. The van der Waals surface area contributed by atoms with Gasteiger partial charge in [-0.05, 0) is 25.0 Å². The second-order valence-electron chi connectivity index (χ2n) is 4.01. The number of rotatable bonds is 1. The molecule has 1 unspecified atom stereocenters. The van der Waals surface area contributed by atoms with Gasteiger partial charge in [-0.1, -0.05) is 0 Å². The predicted octanol–water partition coefficient (Wildman–Crippen LogP) is 1.13. The van der Waals surface area contributed by atoms with Crippen molar-refractivity contribution in [1.82, 2.24) is 19.7 Å². The molecule has 5 nitrogen and oxygen atoms in total. The van der Waals surface area contributed by atoms with E-state index in [1.165, 1.54) is 0 Å². The first kappa shape index (κ1) is 9.47. The van der Waals surface area contributed by atoms with Gasteiger partial charge in [0.25, 0.3) is 0 Å². The molecule has 0 saturated heterocycles. The molecule has 1 aliphatic heterocycles. The normalized spacial score (nSPS) is 19.4. The molecule has 3 heterocycles. The largest absolute Gasteiger partial charge is 0.321 e. The van der Waals surface area contributed by atoms with Gasteiger partial charge in [0.15, 0.2) is 5.82 Å². The van der Waals surface area contributed by atoms with Gasteiger partial charge in [-0.15, -0.1) is 0 Å². The van der Waals surface area contributed by atoms with Crippen LogP contribution in [0.5, 0.6) is 0 Å². The van der Waals surface area contributed by atoms with Crippen LogP contribution in [0.4, 0.5) is 0 Å². The SMILES string of the molecule is NC1CCCn2nc(-c3cccnc3)nc21. The molecular weight excluding hydrogens is 202 g/mol. The van der Waals surface area contributed by atoms with E-state index in [4.69, 9.17) is 5.73 Å². The topological polar surface area (TPSA) is 69.6 Å². The number of nitrogens with zero attached hydrogens (tertiary/aromatic N) is 4. The maximum atomic E-state index is 6.00. The van der Waals surface area contributed by atoms with Crippen molar-refractivity contribution in [3.05, 3.63) is 30.4 Å². The van der Waals surface area contributed by atoms with E-state index >= 15 is 0 Å². The van der Waals surface area contributed by atoms with Gasteiger partial charge in [-0.3, -0.25) is 4.98 Å². The number of nitrogens with two attached hydrogens (primary N) is 1. The minimum absolute atomic E-state index is 0.0201. The Labute approximate surface area is 93.3 Å². The lowest BCUT2D eigenvalue weighted by Gasteiger charge is -2.17. The molecule has 0 aliphatic carbocycles. The van der Waals surface area contributed by atoms with Crippen LogP contribution in [0.1, 0.15) is 24.7 Å². The van der Waals surface area contributed by atoms with E-state index in [-0.39, 0.29) is 6.04 Å². The minimum Gasteiger partial charge on any atom is -0.321 e. The lowest BCUT2D eigenvalue weighted by molar-refractivity contribution is 0.422. The summed E-state index contributed by atoms with van der Waals surface area (Å²) in [5.41, 5.74) is 6.94. The van der Waals surface area contributed by atoms with Gasteiger partial charge in [0.1, 0.15) is 5.82 Å². The average molecular weight is 215 g/mol. The molecule has 5 heteroatoms. The maximum absolute atomic E-state index is 6.00. The molecule has 0 bridgehead atoms. The number of aryl methyl sites for hydroxylation is 1. The van der Waals surface area contributed by atoms with Gasteiger partial charge in [0.05, 0.1) is 6.04 Å². The Hall–Kier alpha value is -1.75. The van der Waals surface area contributed by atoms with Crippen LogP contribution in [0.2, 0.25) is 0 Å². The van der Waals surface area contributed by atoms with E-state index in [0.29, 0.717) is 0 Å². The zero-order valence-electron chi connectivity index (χ0n) is 8.87. The molecule has 16 heavy (non-hydrogen) atoms. The highest BCUT2D eigenvalue weighted by Gasteiger charge is 2.21. The highest BCUT2D eigenvalue weighted by Crippen LogP contribution is 2.23. The van der Waals surface area contributed by atoms with Crippen LogP contribution < -0.4 is 5.73 Å². The van der Waals surface area contributed by atoms with Crippen LogP contribution in [0.3, 0.4) is 0 Å². The molecule has 2 aromatic heterocycles. The van der Waals surface area contributed by atoms with Gasteiger partial charge < -0.3 is 5.73 Å². The summed E-state index contributed by atoms with van der Waals surface area (Å²) >= 11 is 0. The molecule has 0 radical (unpaired) electrons. The van der Waals surface area contributed by atoms with Gasteiger partial charge in [-0.25, -0.2) is 9.67 Å². The fourth-order valence-electron chi connectivity index (χ4n) is 2.00. The van der Waals surface area contributed by atoms with Crippen molar-refractivity contribution in [3.63, 3.8) is 0 Å². The third-order valence-electron chi connectivity index (χ3n) is 2.84. The number of hydrogen-bond donors (Lipinski definition) is 1. The molecule has 0 fully saturated rings. The van der Waals surface area contributed by atoms with Crippen LogP contribution >= 0.6 is 0 Å². The van der Waals surface area contributed by atoms with Crippen LogP contribution in [-0.2, 0) is 6.54 Å². The van der Waals surface area contributed by atoms with Crippen molar-refractivity contribution in [2.45, 2.75) is 25.4 Å². The molecule has 2 N–H and O–H groups in total. The Bertz CT molecular complexity index is 490. The van der Waals surface area contributed by atoms with E-state index in [2.05, 4.69) is 15.1 Å². The quantitative estimate of drug-likeness (QED) is 0.774. The molecule has 0 aromatic carbocycles. The standard InChI is InChI=1S/C11H13N5/c12-9-4-2-6-16-11(9)14-10(15-16)8-3-1-5-13-7-8/h1,3,5,7,9H,2,4,6,12H2. The zero-order valence-corrected chi connectivity index (χ0v) is 8.87. The summed E-state index contributed by atoms with van der Waals surface area (Å²) in [6, 6.07) is 3.86. The Morgan fingerprint density at radius 1 is 1.44 bits per heavy atom. The Morgan fingerprint density at radius 3 is 3.12 bits per heavy atom. The molecular formula is C11H13N5. The Kier molecular flexibility index (Phi) is 2.18. The number of fused-ring (bicyclic) bond motifs is 1. The van der Waals surface area contributed by atoms with Gasteiger partial charge in [-0.2, -0.15) is 5.10 Å². The lowest BCUT2D eigenvalue weighted by atomic mass is 10.1. The summed E-state index contributed by atoms with van der Waals surface area (Å²) in [7, 11) is 0. The maximum Gasteiger partial charge on any atom is 0.183 e. The number of aromatic nitrogens is 4. The monoisotopic (exact) mass is 215 g/mol. The van der Waals surface area contributed by atoms with E-state index in [9.17, 15) is 0 Å². The van der Waals surface area contributed by atoms with Gasteiger partial charge >= 0.3 is 0 Å². The molecule has 82 valence electrons. The molecule has 0 spiro atoms. The molecule has 1 aliphatic rings. The van der Waals surface area contributed by atoms with E-state index < -0.39 is 0 Å². The second kappa shape index (κ2) is 3.68. The van der Waals surface area contributed by atoms with Crippen molar-refractivity contribution in [1.29, 1.82) is 0 Å². The van der Waals surface area contributed by atoms with Crippen molar-refractivity contribution in [2.75, 3.05) is 0 Å². The molecule has 0 amide bonds. The Morgan fingerprint density at radius 2 is 2.38 bits per heavy atom. The summed E-state index contributed by atoms with van der Waals surface area (Å²) in [5.74, 6) is 1.62. The van der Waals surface area contributed by atoms with Crippen LogP contribution in [-0.4, -0.2) is 19.7 Å². The first-order valence-electron chi connectivity index (χ1n) is 5.45. The molecule has 1 atom stereocenters. The summed E-state index contributed by atoms with van der Waals surface area (Å²) in [4.78, 5) is 8.55. The summed E-state index contributed by atoms with van der Waals surface area (Å²) in [6.07, 6.45) is 5.58. The first-order chi connectivity index (χ1) is 7.84. The second-order valence-corrected chi connectivity index (χ2v) is 4.01. The van der Waals surface area contributed by atoms with Crippen molar-refractivity contribution >= 4 is 0 Å². The van der Waals surface area contributed by atoms with E-state index in [0.717, 1.165) is 36.6 Å². The smallest absolute Gasteiger partial charge is 0.183 e. The third-order valence-corrected chi connectivity index (χ3v) is 2.84. The fourth-order valence-corrected chi connectivity index (χ4v) is 2.00. The molecule has 3 rings (SSSR count). The van der Waals surface area contributed by atoms with Crippen molar-refractivity contribution < 1.29 is 0 Å². The average Bonchev–Trinajstić information content (AvgIpc) is 2.76. The summed E-state index contributed by atoms with van der Waals surface area (Å²) in [6.45, 7) is 0.913. The third kappa shape index (κ3) is 1.49. The first-order valence-corrected chi connectivity index (χ1v) is 5.45. The Balaban J connectivity index is 2.05. The van der Waals surface area contributed by atoms with E-state index in [1.54, 1.807) is 12.4 Å². The zero-order chi connectivity index (χ0) is 11.0. The van der Waals surface area contributed by atoms with Gasteiger partial charge in [0.2, 0.25) is 0 Å². The fraction of sp³-hybridized carbons (Fsp3) is 0.364. The van der Waals surface area contributed by atoms with Crippen molar-refractivity contribution in [3.8, 4) is 11.4 Å². The summed E-state index contributed by atoms with van der Waals surface area (Å²) in [5, 5.41) is 4.46. The lowest BCUT2D eigenvalue weighted by Crippen LogP contribution is -2.22. The highest BCUT2D eigenvalue weighted by molar-refractivity contribution is 5.52. The van der Waals surface area contributed by atoms with Crippen LogP contribution in [0.25, 0.3) is 11.4 Å². The van der Waals surface area contributed by atoms with Gasteiger partial charge in [0, 0.05) is 24.5 Å². The molecule has 0 saturated carbocycles. The summed E-state index contributed by atoms with van der Waals surface area (Å²) < 4.78 is 1.91. The molecule has 2 aromatic rings. The van der Waals surface area contributed by atoms with E-state index in [1.807, 2.05) is 16.8 Å². The predicted molar refractivity (Wildman–Crippen MR) is 59.4 cm³/mol. The van der Waals surface area contributed by atoms with Crippen LogP contribution in [0.15, 0.2) is 24.5 Å². The number of pyridine rings is 1.